The number of nitrogens with two attached hydrogens (primary N) is 1. The normalized spacial score (nSPS) is 16.3. The third-order valence-electron chi connectivity index (χ3n) is 5.00. The Bertz CT molecular complexity index is 934. The predicted molar refractivity (Wildman–Crippen MR) is 111 cm³/mol. The van der Waals surface area contributed by atoms with Crippen LogP contribution in [0.2, 0.25) is 0 Å². The number of hydrogen-bond donors (Lipinski definition) is 1. The Morgan fingerprint density at radius 2 is 1.86 bits per heavy atom. The van der Waals surface area contributed by atoms with E-state index in [1.54, 1.807) is 24.3 Å². The quantitative estimate of drug-likeness (QED) is 0.487. The average Bonchev–Trinajstić information content (AvgIpc) is 2.68. The van der Waals surface area contributed by atoms with Gasteiger partial charge in [-0.25, -0.2) is 0 Å². The lowest BCUT2D eigenvalue weighted by Gasteiger charge is -2.38. The van der Waals surface area contributed by atoms with E-state index in [-0.39, 0.29) is 13.0 Å². The lowest BCUT2D eigenvalue weighted by Crippen LogP contribution is -2.47. The fourth-order valence-corrected chi connectivity index (χ4v) is 4.15. The monoisotopic (exact) mass is 520 g/mol. The summed E-state index contributed by atoms with van der Waals surface area (Å²) in [4.78, 5) is 13.1. The van der Waals surface area contributed by atoms with Gasteiger partial charge in [-0.2, -0.15) is 13.2 Å². The van der Waals surface area contributed by atoms with Crippen molar-refractivity contribution in [2.75, 3.05) is 26.5 Å². The van der Waals surface area contributed by atoms with Gasteiger partial charge >= 0.3 is 12.1 Å². The van der Waals surface area contributed by atoms with Gasteiger partial charge in [-0.05, 0) is 76.4 Å². The number of amides is 1. The van der Waals surface area contributed by atoms with Crippen LogP contribution in [0.3, 0.4) is 0 Å². The molecule has 0 bridgehead atoms. The molecular weight excluding hydrogens is 500 g/mol. The molecule has 1 amide bonds. The van der Waals surface area contributed by atoms with Crippen LogP contribution in [-0.2, 0) is 17.6 Å². The molecule has 0 spiro atoms. The first-order chi connectivity index (χ1) is 13.7. The number of rotatable bonds is 4. The molecule has 0 saturated carbocycles. The second-order valence-corrected chi connectivity index (χ2v) is 7.89. The number of anilines is 1. The van der Waals surface area contributed by atoms with Crippen molar-refractivity contribution >= 4 is 34.2 Å². The first-order valence-electron chi connectivity index (χ1n) is 8.82. The third kappa shape index (κ3) is 4.39. The van der Waals surface area contributed by atoms with E-state index in [2.05, 4.69) is 22.6 Å². The lowest BCUT2D eigenvalue weighted by molar-refractivity contribution is -0.188. The fraction of sp³-hybridized carbons (Fsp3) is 0.350. The molecule has 9 heteroatoms. The number of nitrogen functional groups attached to an aromatic ring is 1. The molecule has 2 N–H and O–H groups in total. The van der Waals surface area contributed by atoms with Gasteiger partial charge in [-0.3, -0.25) is 4.79 Å². The summed E-state index contributed by atoms with van der Waals surface area (Å²) in [5.74, 6) is -0.930. The van der Waals surface area contributed by atoms with Gasteiger partial charge in [0.05, 0.1) is 20.3 Å². The van der Waals surface area contributed by atoms with Gasteiger partial charge in [0.15, 0.2) is 11.5 Å². The zero-order valence-corrected chi connectivity index (χ0v) is 18.0. The van der Waals surface area contributed by atoms with Crippen LogP contribution in [0.5, 0.6) is 11.5 Å². The molecule has 1 unspecified atom stereocenters. The number of carbonyl (C=O) groups excluding carboxylic acids is 1. The lowest BCUT2D eigenvalue weighted by atomic mass is 9.88. The first-order valence-corrected chi connectivity index (χ1v) is 9.90. The summed E-state index contributed by atoms with van der Waals surface area (Å²) in [6, 6.07) is 7.95. The maximum Gasteiger partial charge on any atom is 0.471 e. The van der Waals surface area contributed by atoms with E-state index < -0.39 is 18.1 Å². The average molecular weight is 520 g/mol. The van der Waals surface area contributed by atoms with Crippen molar-refractivity contribution in [3.8, 4) is 11.5 Å². The Hall–Kier alpha value is -2.17. The fourth-order valence-electron chi connectivity index (χ4n) is 3.58. The Labute approximate surface area is 180 Å². The summed E-state index contributed by atoms with van der Waals surface area (Å²) in [6.45, 7) is -0.0302. The molecular formula is C20H20F3IN2O3. The maximum absolute atomic E-state index is 13.2. The maximum atomic E-state index is 13.2. The van der Waals surface area contributed by atoms with E-state index in [4.69, 9.17) is 15.2 Å². The number of fused-ring (bicyclic) bond motifs is 1. The van der Waals surface area contributed by atoms with Gasteiger partial charge in [0, 0.05) is 15.8 Å². The molecule has 29 heavy (non-hydrogen) atoms. The molecule has 2 aromatic rings. The molecule has 3 rings (SSSR count). The third-order valence-corrected chi connectivity index (χ3v) is 5.93. The van der Waals surface area contributed by atoms with Gasteiger partial charge in [0.25, 0.3) is 0 Å². The van der Waals surface area contributed by atoms with Crippen LogP contribution < -0.4 is 15.2 Å². The number of ether oxygens (including phenoxy) is 2. The van der Waals surface area contributed by atoms with Crippen LogP contribution in [0, 0.1) is 3.57 Å². The Morgan fingerprint density at radius 1 is 1.21 bits per heavy atom. The minimum atomic E-state index is -4.94. The number of nitrogens with zero attached hydrogens (tertiary/aromatic N) is 1. The Kier molecular flexibility index (Phi) is 6.16. The van der Waals surface area contributed by atoms with Crippen LogP contribution in [0.15, 0.2) is 30.3 Å². The number of halogens is 4. The van der Waals surface area contributed by atoms with Crippen LogP contribution >= 0.6 is 22.6 Å². The molecule has 0 saturated heterocycles. The minimum Gasteiger partial charge on any atom is -0.493 e. The molecule has 1 heterocycles. The highest BCUT2D eigenvalue weighted by atomic mass is 127. The molecule has 0 fully saturated rings. The standard InChI is InChI=1S/C20H20F3IN2O3/c1-28-17-9-12-5-6-26(19(27)20(21,22)23)16(13(12)10-18(17)29-2)8-11-3-4-15(25)14(24)7-11/h3-4,7,9-10,16H,5-6,8,25H2,1-2H3. The molecule has 1 atom stereocenters. The van der Waals surface area contributed by atoms with E-state index >= 15 is 0 Å². The molecule has 1 aliphatic heterocycles. The van der Waals surface area contributed by atoms with Gasteiger partial charge in [0.2, 0.25) is 0 Å². The Morgan fingerprint density at radius 3 is 2.45 bits per heavy atom. The minimum absolute atomic E-state index is 0.0302. The predicted octanol–water partition coefficient (Wildman–Crippen LogP) is 4.12. The molecule has 0 radical (unpaired) electrons. The summed E-state index contributed by atoms with van der Waals surface area (Å²) in [7, 11) is 2.96. The Balaban J connectivity index is 2.09. The molecule has 0 aromatic heterocycles. The van der Waals surface area contributed by atoms with Crippen molar-refractivity contribution in [1.29, 1.82) is 0 Å². The smallest absolute Gasteiger partial charge is 0.471 e. The molecule has 5 nitrogen and oxygen atoms in total. The van der Waals surface area contributed by atoms with Crippen molar-refractivity contribution in [1.82, 2.24) is 4.90 Å². The van der Waals surface area contributed by atoms with Gasteiger partial charge in [-0.1, -0.05) is 6.07 Å². The SMILES string of the molecule is COc1cc2c(cc1OC)C(Cc1ccc(N)c(I)c1)N(C(=O)C(F)(F)F)CC2. The zero-order valence-electron chi connectivity index (χ0n) is 15.8. The summed E-state index contributed by atoms with van der Waals surface area (Å²) >= 11 is 2.07. The van der Waals surface area contributed by atoms with E-state index in [0.29, 0.717) is 29.2 Å². The van der Waals surface area contributed by atoms with Crippen molar-refractivity contribution in [3.63, 3.8) is 0 Å². The number of alkyl halides is 3. The van der Waals surface area contributed by atoms with Crippen molar-refractivity contribution < 1.29 is 27.4 Å². The van der Waals surface area contributed by atoms with E-state index in [1.165, 1.54) is 14.2 Å². The molecule has 1 aliphatic rings. The van der Waals surface area contributed by atoms with Crippen molar-refractivity contribution in [2.24, 2.45) is 0 Å². The molecule has 2 aromatic carbocycles. The van der Waals surface area contributed by atoms with E-state index in [9.17, 15) is 18.0 Å². The van der Waals surface area contributed by atoms with Crippen LogP contribution in [0.1, 0.15) is 22.7 Å². The second kappa shape index (κ2) is 8.29. The number of carbonyl (C=O) groups is 1. The van der Waals surface area contributed by atoms with Crippen LogP contribution in [0.4, 0.5) is 18.9 Å². The molecule has 0 aliphatic carbocycles. The number of benzene rings is 2. The summed E-state index contributed by atoms with van der Waals surface area (Å²) in [5.41, 5.74) is 8.69. The van der Waals surface area contributed by atoms with E-state index in [1.807, 2.05) is 6.07 Å². The zero-order chi connectivity index (χ0) is 21.3. The summed E-state index contributed by atoms with van der Waals surface area (Å²) in [6.07, 6.45) is -4.42. The van der Waals surface area contributed by atoms with Gasteiger partial charge in [0.1, 0.15) is 0 Å². The van der Waals surface area contributed by atoms with E-state index in [0.717, 1.165) is 19.6 Å². The van der Waals surface area contributed by atoms with Crippen molar-refractivity contribution in [2.45, 2.75) is 25.1 Å². The van der Waals surface area contributed by atoms with Crippen LogP contribution in [-0.4, -0.2) is 37.7 Å². The highest BCUT2D eigenvalue weighted by Gasteiger charge is 2.46. The second-order valence-electron chi connectivity index (χ2n) is 6.73. The van der Waals surface area contributed by atoms with Crippen molar-refractivity contribution in [3.05, 3.63) is 50.6 Å². The largest absolute Gasteiger partial charge is 0.493 e. The number of hydrogen-bond acceptors (Lipinski definition) is 4. The van der Waals surface area contributed by atoms with Crippen LogP contribution in [0.25, 0.3) is 0 Å². The van der Waals surface area contributed by atoms with Gasteiger partial charge < -0.3 is 20.1 Å². The highest BCUT2D eigenvalue weighted by molar-refractivity contribution is 14.1. The first kappa shape index (κ1) is 21.5. The summed E-state index contributed by atoms with van der Waals surface area (Å²) in [5, 5.41) is 0. The topological polar surface area (TPSA) is 64.8 Å². The highest BCUT2D eigenvalue weighted by Crippen LogP contribution is 2.41. The van der Waals surface area contributed by atoms with Gasteiger partial charge in [-0.15, -0.1) is 0 Å². The molecule has 156 valence electrons. The number of methoxy groups -OCH3 is 2. The summed E-state index contributed by atoms with van der Waals surface area (Å²) < 4.78 is 51.2.